The maximum atomic E-state index is 5.61. The number of aromatic nitrogens is 2. The molecule has 0 unspecified atom stereocenters. The molecule has 1 saturated carbocycles. The van der Waals surface area contributed by atoms with Crippen molar-refractivity contribution >= 4 is 5.95 Å². The molecule has 3 N–H and O–H groups in total. The largest absolute Gasteiger partial charge is 0.355 e. The molecule has 1 heterocycles. The second-order valence-electron chi connectivity index (χ2n) is 4.43. The topological polar surface area (TPSA) is 55.9 Å². The molecule has 84 valence electrons. The minimum Gasteiger partial charge on any atom is -0.355 e. The summed E-state index contributed by atoms with van der Waals surface area (Å²) in [5.74, 6) is 0.987. The van der Waals surface area contributed by atoms with E-state index in [2.05, 4.69) is 21.8 Å². The highest BCUT2D eigenvalue weighted by atomic mass is 15.2. The van der Waals surface area contributed by atoms with Gasteiger partial charge in [0.1, 0.15) is 0 Å². The van der Waals surface area contributed by atoms with Gasteiger partial charge < -0.3 is 15.6 Å². The molecule has 0 saturated heterocycles. The molecule has 1 fully saturated rings. The Balaban J connectivity index is 1.88. The number of hydrogen-bond donors (Lipinski definition) is 2. The molecular weight excluding hydrogens is 188 g/mol. The molecule has 0 amide bonds. The van der Waals surface area contributed by atoms with Crippen molar-refractivity contribution in [1.29, 1.82) is 0 Å². The lowest BCUT2D eigenvalue weighted by Crippen LogP contribution is -2.20. The van der Waals surface area contributed by atoms with Crippen molar-refractivity contribution in [2.75, 3.05) is 18.4 Å². The highest BCUT2D eigenvalue weighted by molar-refractivity contribution is 5.27. The van der Waals surface area contributed by atoms with E-state index in [0.717, 1.165) is 32.0 Å². The van der Waals surface area contributed by atoms with Gasteiger partial charge in [0.15, 0.2) is 0 Å². The number of rotatable bonds is 6. The number of hydrogen-bond acceptors (Lipinski definition) is 3. The fourth-order valence-corrected chi connectivity index (χ4v) is 2.00. The molecule has 0 spiro atoms. The van der Waals surface area contributed by atoms with Crippen LogP contribution in [0.5, 0.6) is 0 Å². The van der Waals surface area contributed by atoms with E-state index in [4.69, 9.17) is 5.73 Å². The zero-order valence-corrected chi connectivity index (χ0v) is 9.37. The molecule has 0 atom stereocenters. The predicted molar refractivity (Wildman–Crippen MR) is 61.7 cm³/mol. The van der Waals surface area contributed by atoms with Crippen LogP contribution in [0.1, 0.15) is 26.2 Å². The lowest BCUT2D eigenvalue weighted by Gasteiger charge is -2.15. The Labute approximate surface area is 90.9 Å². The van der Waals surface area contributed by atoms with E-state index in [1.807, 2.05) is 12.4 Å². The van der Waals surface area contributed by atoms with E-state index in [1.165, 1.54) is 12.8 Å². The molecule has 1 aliphatic carbocycles. The van der Waals surface area contributed by atoms with Crippen LogP contribution in [0.25, 0.3) is 0 Å². The summed E-state index contributed by atoms with van der Waals surface area (Å²) in [5.41, 5.74) is 6.08. The standard InChI is InChI=1S/C11H20N4/c1-2-15-8-7-13-10(15)14-9-11(3-4-11)5-6-12/h7-8H,2-6,9,12H2,1H3,(H,13,14). The van der Waals surface area contributed by atoms with Crippen molar-refractivity contribution in [1.82, 2.24) is 9.55 Å². The summed E-state index contributed by atoms with van der Waals surface area (Å²) in [6.07, 6.45) is 7.60. The summed E-state index contributed by atoms with van der Waals surface area (Å²) in [6, 6.07) is 0. The molecule has 1 aromatic rings. The fourth-order valence-electron chi connectivity index (χ4n) is 2.00. The van der Waals surface area contributed by atoms with Crippen molar-refractivity contribution in [3.63, 3.8) is 0 Å². The molecule has 1 aliphatic rings. The number of nitrogens with one attached hydrogen (secondary N) is 1. The highest BCUT2D eigenvalue weighted by Crippen LogP contribution is 2.48. The van der Waals surface area contributed by atoms with Crippen LogP contribution in [0.2, 0.25) is 0 Å². The molecule has 1 aromatic heterocycles. The van der Waals surface area contributed by atoms with Crippen LogP contribution >= 0.6 is 0 Å². The Bertz CT molecular complexity index is 314. The summed E-state index contributed by atoms with van der Waals surface area (Å²) in [7, 11) is 0. The van der Waals surface area contributed by atoms with Gasteiger partial charge >= 0.3 is 0 Å². The first kappa shape index (κ1) is 10.5. The second-order valence-corrected chi connectivity index (χ2v) is 4.43. The fraction of sp³-hybridized carbons (Fsp3) is 0.727. The Hall–Kier alpha value is -1.03. The normalized spacial score (nSPS) is 17.7. The Morgan fingerprint density at radius 2 is 2.40 bits per heavy atom. The van der Waals surface area contributed by atoms with E-state index in [0.29, 0.717) is 5.41 Å². The lowest BCUT2D eigenvalue weighted by atomic mass is 10.0. The van der Waals surface area contributed by atoms with Gasteiger partial charge in [-0.2, -0.15) is 0 Å². The van der Waals surface area contributed by atoms with E-state index in [-0.39, 0.29) is 0 Å². The number of anilines is 1. The van der Waals surface area contributed by atoms with Crippen LogP contribution in [0.15, 0.2) is 12.4 Å². The molecule has 15 heavy (non-hydrogen) atoms. The summed E-state index contributed by atoms with van der Waals surface area (Å²) in [6.45, 7) is 4.90. The molecule has 0 bridgehead atoms. The quantitative estimate of drug-likeness (QED) is 0.744. The van der Waals surface area contributed by atoms with E-state index < -0.39 is 0 Å². The highest BCUT2D eigenvalue weighted by Gasteiger charge is 2.41. The third kappa shape index (κ3) is 2.31. The van der Waals surface area contributed by atoms with E-state index in [1.54, 1.807) is 0 Å². The first-order valence-electron chi connectivity index (χ1n) is 5.75. The summed E-state index contributed by atoms with van der Waals surface area (Å²) < 4.78 is 2.12. The summed E-state index contributed by atoms with van der Waals surface area (Å²) >= 11 is 0. The third-order valence-electron chi connectivity index (χ3n) is 3.31. The van der Waals surface area contributed by atoms with Crippen LogP contribution in [-0.4, -0.2) is 22.6 Å². The lowest BCUT2D eigenvalue weighted by molar-refractivity contribution is 0.498. The Morgan fingerprint density at radius 3 is 3.00 bits per heavy atom. The molecule has 0 radical (unpaired) electrons. The number of imidazole rings is 1. The Kier molecular flexibility index (Phi) is 2.95. The predicted octanol–water partition coefficient (Wildman–Crippen LogP) is 1.44. The second kappa shape index (κ2) is 4.23. The van der Waals surface area contributed by atoms with Crippen LogP contribution in [0, 0.1) is 5.41 Å². The van der Waals surface area contributed by atoms with Gasteiger partial charge in [-0.25, -0.2) is 4.98 Å². The molecule has 0 aromatic carbocycles. The van der Waals surface area contributed by atoms with Gasteiger partial charge in [0, 0.05) is 25.5 Å². The summed E-state index contributed by atoms with van der Waals surface area (Å²) in [5, 5.41) is 3.43. The number of nitrogens with zero attached hydrogens (tertiary/aromatic N) is 2. The van der Waals surface area contributed by atoms with Crippen LogP contribution in [0.3, 0.4) is 0 Å². The Morgan fingerprint density at radius 1 is 1.60 bits per heavy atom. The van der Waals surface area contributed by atoms with E-state index in [9.17, 15) is 0 Å². The SMILES string of the molecule is CCn1ccnc1NCC1(CCN)CC1. The van der Waals surface area contributed by atoms with Crippen LogP contribution in [-0.2, 0) is 6.54 Å². The van der Waals surface area contributed by atoms with Gasteiger partial charge in [-0.15, -0.1) is 0 Å². The van der Waals surface area contributed by atoms with E-state index >= 15 is 0 Å². The van der Waals surface area contributed by atoms with Gasteiger partial charge in [0.2, 0.25) is 5.95 Å². The number of aryl methyl sites for hydroxylation is 1. The average molecular weight is 208 g/mol. The van der Waals surface area contributed by atoms with Crippen molar-refractivity contribution in [2.24, 2.45) is 11.1 Å². The average Bonchev–Trinajstić information content (AvgIpc) is 2.86. The van der Waals surface area contributed by atoms with Crippen molar-refractivity contribution in [3.8, 4) is 0 Å². The van der Waals surface area contributed by atoms with Gasteiger partial charge in [0.25, 0.3) is 0 Å². The van der Waals surface area contributed by atoms with Gasteiger partial charge in [-0.3, -0.25) is 0 Å². The smallest absolute Gasteiger partial charge is 0.202 e. The maximum Gasteiger partial charge on any atom is 0.202 e. The van der Waals surface area contributed by atoms with Crippen molar-refractivity contribution < 1.29 is 0 Å². The van der Waals surface area contributed by atoms with Gasteiger partial charge in [-0.1, -0.05) is 0 Å². The van der Waals surface area contributed by atoms with Gasteiger partial charge in [-0.05, 0) is 38.1 Å². The first-order valence-corrected chi connectivity index (χ1v) is 5.75. The first-order chi connectivity index (χ1) is 7.29. The van der Waals surface area contributed by atoms with Crippen LogP contribution in [0.4, 0.5) is 5.95 Å². The molecular formula is C11H20N4. The summed E-state index contributed by atoms with van der Waals surface area (Å²) in [4.78, 5) is 4.30. The minimum atomic E-state index is 0.471. The zero-order valence-electron chi connectivity index (χ0n) is 9.37. The van der Waals surface area contributed by atoms with Crippen molar-refractivity contribution in [2.45, 2.75) is 32.7 Å². The third-order valence-corrected chi connectivity index (χ3v) is 3.31. The minimum absolute atomic E-state index is 0.471. The van der Waals surface area contributed by atoms with Gasteiger partial charge in [0.05, 0.1) is 0 Å². The molecule has 2 rings (SSSR count). The molecule has 4 nitrogen and oxygen atoms in total. The maximum absolute atomic E-state index is 5.61. The number of nitrogens with two attached hydrogens (primary N) is 1. The monoisotopic (exact) mass is 208 g/mol. The van der Waals surface area contributed by atoms with Crippen molar-refractivity contribution in [3.05, 3.63) is 12.4 Å². The molecule has 4 heteroatoms. The van der Waals surface area contributed by atoms with Crippen LogP contribution < -0.4 is 11.1 Å². The zero-order chi connectivity index (χ0) is 10.7. The molecule has 0 aliphatic heterocycles.